The number of amides is 3. The van der Waals surface area contributed by atoms with Gasteiger partial charge >= 0.3 is 0 Å². The van der Waals surface area contributed by atoms with Crippen molar-refractivity contribution in [2.45, 2.75) is 32.1 Å². The maximum atomic E-state index is 13.2. The van der Waals surface area contributed by atoms with E-state index in [4.69, 9.17) is 4.74 Å². The van der Waals surface area contributed by atoms with Gasteiger partial charge in [0.05, 0.1) is 17.6 Å². The van der Waals surface area contributed by atoms with Crippen LogP contribution in [-0.4, -0.2) is 52.8 Å². The highest BCUT2D eigenvalue weighted by atomic mass is 32.1. The average Bonchev–Trinajstić information content (AvgIpc) is 3.49. The Labute approximate surface area is 230 Å². The van der Waals surface area contributed by atoms with E-state index in [-0.39, 0.29) is 17.5 Å². The van der Waals surface area contributed by atoms with Crippen LogP contribution >= 0.6 is 11.3 Å². The van der Waals surface area contributed by atoms with Crippen molar-refractivity contribution < 1.29 is 19.1 Å². The van der Waals surface area contributed by atoms with Gasteiger partial charge in [-0.05, 0) is 49.1 Å². The first kappa shape index (κ1) is 26.3. The molecule has 0 unspecified atom stereocenters. The zero-order chi connectivity index (χ0) is 27.4. The summed E-state index contributed by atoms with van der Waals surface area (Å²) >= 11 is 1.41. The Morgan fingerprint density at radius 2 is 1.69 bits per heavy atom. The van der Waals surface area contributed by atoms with Crippen LogP contribution in [0.5, 0.6) is 5.75 Å². The minimum Gasteiger partial charge on any atom is -0.496 e. The van der Waals surface area contributed by atoms with E-state index in [1.165, 1.54) is 11.3 Å². The summed E-state index contributed by atoms with van der Waals surface area (Å²) < 4.78 is 5.49. The molecule has 2 aromatic heterocycles. The van der Waals surface area contributed by atoms with Gasteiger partial charge in [0.1, 0.15) is 17.1 Å². The van der Waals surface area contributed by atoms with Crippen molar-refractivity contribution in [2.75, 3.05) is 20.2 Å². The lowest BCUT2D eigenvalue weighted by molar-refractivity contribution is 0.0706. The molecule has 5 rings (SSSR count). The van der Waals surface area contributed by atoms with Gasteiger partial charge in [-0.15, -0.1) is 11.3 Å². The highest BCUT2D eigenvalue weighted by Gasteiger charge is 2.28. The monoisotopic (exact) mass is 543 g/mol. The number of benzene rings is 2. The summed E-state index contributed by atoms with van der Waals surface area (Å²) in [6, 6.07) is 16.5. The number of aromatic nitrogens is 2. The molecule has 10 heteroatoms. The molecule has 3 amide bonds. The molecule has 39 heavy (non-hydrogen) atoms. The molecule has 4 aromatic rings. The topological polar surface area (TPSA) is 114 Å². The Morgan fingerprint density at radius 1 is 0.974 bits per heavy atom. The Hall–Kier alpha value is -4.31. The Bertz CT molecular complexity index is 1510. The number of hydrazine groups is 1. The van der Waals surface area contributed by atoms with Gasteiger partial charge in [0.25, 0.3) is 17.7 Å². The molecule has 2 aromatic carbocycles. The molecule has 3 heterocycles. The van der Waals surface area contributed by atoms with Gasteiger partial charge in [-0.1, -0.05) is 31.2 Å². The number of hydrogen-bond acceptors (Lipinski definition) is 7. The normalized spacial score (nSPS) is 13.7. The second-order valence-electron chi connectivity index (χ2n) is 9.32. The highest BCUT2D eigenvalue weighted by molar-refractivity contribution is 7.09. The van der Waals surface area contributed by atoms with Crippen molar-refractivity contribution in [3.63, 3.8) is 0 Å². The SMILES string of the molecule is CCc1ccc(C(=O)NNC(=O)c2csc(C3CCN(C(=O)c4cc(OC)c5ccccc5n4)CC3)n2)cc1. The molecule has 1 aliphatic heterocycles. The third-order valence-electron chi connectivity index (χ3n) is 6.92. The van der Waals surface area contributed by atoms with Crippen LogP contribution in [0.2, 0.25) is 0 Å². The van der Waals surface area contributed by atoms with Crippen LogP contribution in [0, 0.1) is 0 Å². The fourth-order valence-corrected chi connectivity index (χ4v) is 5.61. The van der Waals surface area contributed by atoms with Crippen molar-refractivity contribution in [3.8, 4) is 5.75 Å². The van der Waals surface area contributed by atoms with Crippen molar-refractivity contribution in [1.29, 1.82) is 0 Å². The molecule has 0 bridgehead atoms. The van der Waals surface area contributed by atoms with E-state index < -0.39 is 11.8 Å². The first-order chi connectivity index (χ1) is 19.0. The molecule has 1 aliphatic rings. The number of thiazole rings is 1. The Balaban J connectivity index is 1.16. The third-order valence-corrected chi connectivity index (χ3v) is 7.92. The molecule has 0 atom stereocenters. The van der Waals surface area contributed by atoms with Gasteiger partial charge in [0.15, 0.2) is 0 Å². The summed E-state index contributed by atoms with van der Waals surface area (Å²) in [5.74, 6) is -0.224. The average molecular weight is 544 g/mol. The summed E-state index contributed by atoms with van der Waals surface area (Å²) in [5.41, 5.74) is 7.81. The van der Waals surface area contributed by atoms with E-state index in [1.54, 1.807) is 35.6 Å². The lowest BCUT2D eigenvalue weighted by atomic mass is 9.97. The molecule has 200 valence electrons. The first-order valence-corrected chi connectivity index (χ1v) is 13.7. The second kappa shape index (κ2) is 11.6. The van der Waals surface area contributed by atoms with Crippen molar-refractivity contribution in [1.82, 2.24) is 25.7 Å². The number of fused-ring (bicyclic) bond motifs is 1. The lowest BCUT2D eigenvalue weighted by Crippen LogP contribution is -2.41. The van der Waals surface area contributed by atoms with Gasteiger partial charge in [0, 0.05) is 41.4 Å². The summed E-state index contributed by atoms with van der Waals surface area (Å²) in [7, 11) is 1.59. The van der Waals surface area contributed by atoms with E-state index in [2.05, 4.69) is 20.8 Å². The molecule has 9 nitrogen and oxygen atoms in total. The minimum atomic E-state index is -0.472. The summed E-state index contributed by atoms with van der Waals surface area (Å²) in [6.07, 6.45) is 2.35. The van der Waals surface area contributed by atoms with E-state index in [9.17, 15) is 14.4 Å². The van der Waals surface area contributed by atoms with Crippen molar-refractivity contribution >= 4 is 40.0 Å². The molecule has 0 aliphatic carbocycles. The van der Waals surface area contributed by atoms with Crippen LogP contribution in [0.1, 0.15) is 67.6 Å². The number of carbonyl (C=O) groups is 3. The van der Waals surface area contributed by atoms with Crippen molar-refractivity contribution in [2.24, 2.45) is 0 Å². The standard InChI is InChI=1S/C29H29N5O4S/c1-3-18-8-10-19(11-9-18)26(35)32-33-27(36)24-17-39-28(31-24)20-12-14-34(15-13-20)29(37)23-16-25(38-2)21-6-4-5-7-22(21)30-23/h4-11,16-17,20H,3,12-15H2,1-2H3,(H,32,35)(H,33,36). The predicted octanol–water partition coefficient (Wildman–Crippen LogP) is 4.36. The Kier molecular flexibility index (Phi) is 7.83. The highest BCUT2D eigenvalue weighted by Crippen LogP contribution is 2.31. The number of aryl methyl sites for hydroxylation is 1. The zero-order valence-corrected chi connectivity index (χ0v) is 22.6. The van der Waals surface area contributed by atoms with Gasteiger partial charge in [-0.3, -0.25) is 25.2 Å². The number of pyridine rings is 1. The number of para-hydroxylation sites is 1. The molecule has 1 fully saturated rings. The van der Waals surface area contributed by atoms with Crippen LogP contribution in [0.25, 0.3) is 10.9 Å². The fraction of sp³-hybridized carbons (Fsp3) is 0.276. The van der Waals surface area contributed by atoms with E-state index >= 15 is 0 Å². The molecular formula is C29H29N5O4S. The second-order valence-corrected chi connectivity index (χ2v) is 10.2. The number of ether oxygens (including phenoxy) is 1. The summed E-state index contributed by atoms with van der Waals surface area (Å²) in [4.78, 5) is 49.0. The van der Waals surface area contributed by atoms with Crippen LogP contribution in [-0.2, 0) is 6.42 Å². The van der Waals surface area contributed by atoms with Gasteiger partial charge in [0.2, 0.25) is 0 Å². The number of rotatable bonds is 6. The molecule has 0 spiro atoms. The molecule has 2 N–H and O–H groups in total. The number of likely N-dealkylation sites (tertiary alicyclic amines) is 1. The minimum absolute atomic E-state index is 0.128. The maximum Gasteiger partial charge on any atom is 0.289 e. The predicted molar refractivity (Wildman–Crippen MR) is 149 cm³/mol. The molecule has 1 saturated heterocycles. The Morgan fingerprint density at radius 3 is 2.41 bits per heavy atom. The van der Waals surface area contributed by atoms with Crippen LogP contribution in [0.4, 0.5) is 0 Å². The smallest absolute Gasteiger partial charge is 0.289 e. The summed E-state index contributed by atoms with van der Waals surface area (Å²) in [5, 5.41) is 3.40. The number of carbonyl (C=O) groups excluding carboxylic acids is 3. The number of nitrogens with zero attached hydrogens (tertiary/aromatic N) is 3. The van der Waals surface area contributed by atoms with Crippen LogP contribution in [0.3, 0.4) is 0 Å². The number of hydrogen-bond donors (Lipinski definition) is 2. The largest absolute Gasteiger partial charge is 0.496 e. The van der Waals surface area contributed by atoms with Gasteiger partial charge in [-0.25, -0.2) is 9.97 Å². The molecular weight excluding hydrogens is 514 g/mol. The third kappa shape index (κ3) is 5.75. The lowest BCUT2D eigenvalue weighted by Gasteiger charge is -2.31. The maximum absolute atomic E-state index is 13.2. The van der Waals surface area contributed by atoms with Crippen molar-refractivity contribution in [3.05, 3.63) is 87.5 Å². The number of nitrogens with one attached hydrogen (secondary N) is 2. The zero-order valence-electron chi connectivity index (χ0n) is 21.8. The van der Waals surface area contributed by atoms with Gasteiger partial charge < -0.3 is 9.64 Å². The number of piperidine rings is 1. The molecule has 0 saturated carbocycles. The number of methoxy groups -OCH3 is 1. The van der Waals surface area contributed by atoms with Crippen LogP contribution < -0.4 is 15.6 Å². The van der Waals surface area contributed by atoms with E-state index in [0.29, 0.717) is 35.6 Å². The first-order valence-electron chi connectivity index (χ1n) is 12.8. The fourth-order valence-electron chi connectivity index (χ4n) is 4.63. The van der Waals surface area contributed by atoms with Gasteiger partial charge in [-0.2, -0.15) is 0 Å². The molecule has 0 radical (unpaired) electrons. The quantitative estimate of drug-likeness (QED) is 0.350. The van der Waals surface area contributed by atoms with E-state index in [0.717, 1.165) is 35.2 Å². The van der Waals surface area contributed by atoms with E-state index in [1.807, 2.05) is 43.3 Å². The summed E-state index contributed by atoms with van der Waals surface area (Å²) in [6.45, 7) is 3.17. The van der Waals surface area contributed by atoms with Crippen LogP contribution in [0.15, 0.2) is 60.0 Å².